The van der Waals surface area contributed by atoms with Gasteiger partial charge in [-0.05, 0) is 36.5 Å². The molecule has 0 atom stereocenters. The number of H-pyrrole nitrogens is 1. The number of hydrogen-bond acceptors (Lipinski definition) is 2. The number of nitrogens with one attached hydrogen (secondary N) is 2. The SMILES string of the molecule is S=C(Nc1ccc(Br)cc1Cl)N1CCN(c2cccc[nH+]2)CC1. The van der Waals surface area contributed by atoms with Crippen molar-refractivity contribution in [1.29, 1.82) is 0 Å². The lowest BCUT2D eigenvalue weighted by Gasteiger charge is -2.32. The molecule has 7 heteroatoms. The van der Waals surface area contributed by atoms with Crippen LogP contribution in [0, 0.1) is 0 Å². The van der Waals surface area contributed by atoms with Gasteiger partial charge in [0.15, 0.2) is 5.11 Å². The summed E-state index contributed by atoms with van der Waals surface area (Å²) in [6, 6.07) is 11.8. The Hall–Kier alpha value is -1.37. The molecule has 1 aromatic carbocycles. The molecule has 0 amide bonds. The van der Waals surface area contributed by atoms with E-state index in [1.54, 1.807) is 0 Å². The zero-order valence-corrected chi connectivity index (χ0v) is 15.6. The maximum Gasteiger partial charge on any atom is 0.274 e. The van der Waals surface area contributed by atoms with Gasteiger partial charge in [0.25, 0.3) is 5.82 Å². The smallest absolute Gasteiger partial charge is 0.274 e. The van der Waals surface area contributed by atoms with Crippen LogP contribution in [0.4, 0.5) is 11.5 Å². The number of hydrogen-bond donors (Lipinski definition) is 1. The molecule has 1 aliphatic heterocycles. The Balaban J connectivity index is 1.58. The second kappa shape index (κ2) is 7.47. The van der Waals surface area contributed by atoms with Gasteiger partial charge in [0.2, 0.25) is 0 Å². The summed E-state index contributed by atoms with van der Waals surface area (Å²) in [6.45, 7) is 3.61. The Morgan fingerprint density at radius 1 is 1.17 bits per heavy atom. The van der Waals surface area contributed by atoms with Crippen LogP contribution in [0.5, 0.6) is 0 Å². The molecule has 0 unspecified atom stereocenters. The van der Waals surface area contributed by atoms with Crippen molar-refractivity contribution in [2.24, 2.45) is 0 Å². The summed E-state index contributed by atoms with van der Waals surface area (Å²) in [5.74, 6) is 1.14. The molecule has 4 nitrogen and oxygen atoms in total. The summed E-state index contributed by atoms with van der Waals surface area (Å²) in [5.41, 5.74) is 0.832. The fourth-order valence-corrected chi connectivity index (χ4v) is 3.53. The Morgan fingerprint density at radius 2 is 1.96 bits per heavy atom. The van der Waals surface area contributed by atoms with E-state index in [1.165, 1.54) is 0 Å². The summed E-state index contributed by atoms with van der Waals surface area (Å²) >= 11 is 15.2. The second-order valence-corrected chi connectivity index (χ2v) is 6.99. The van der Waals surface area contributed by atoms with Gasteiger partial charge in [0, 0.05) is 10.5 Å². The molecule has 0 spiro atoms. The van der Waals surface area contributed by atoms with E-state index in [0.717, 1.165) is 42.2 Å². The molecule has 3 rings (SSSR count). The molecule has 1 saturated heterocycles. The van der Waals surface area contributed by atoms with Crippen LogP contribution >= 0.6 is 39.7 Å². The zero-order valence-electron chi connectivity index (χ0n) is 12.4. The molecule has 0 aliphatic carbocycles. The number of anilines is 2. The van der Waals surface area contributed by atoms with E-state index in [2.05, 4.69) is 42.1 Å². The van der Waals surface area contributed by atoms with Crippen LogP contribution in [0.15, 0.2) is 47.1 Å². The van der Waals surface area contributed by atoms with E-state index in [9.17, 15) is 0 Å². The third kappa shape index (κ3) is 4.13. The van der Waals surface area contributed by atoms with E-state index in [4.69, 9.17) is 23.8 Å². The average molecular weight is 413 g/mol. The van der Waals surface area contributed by atoms with Crippen molar-refractivity contribution < 1.29 is 4.98 Å². The van der Waals surface area contributed by atoms with Gasteiger partial charge in [-0.25, -0.2) is 4.98 Å². The lowest BCUT2D eigenvalue weighted by Crippen LogP contribution is -2.51. The van der Waals surface area contributed by atoms with Gasteiger partial charge >= 0.3 is 0 Å². The standard InChI is InChI=1S/C16H16BrClN4S/c17-12-4-5-14(13(18)11-12)20-16(23)22-9-7-21(8-10-22)15-3-1-2-6-19-15/h1-6,11H,7-10H2,(H,20,23)/p+1. The van der Waals surface area contributed by atoms with Gasteiger partial charge in [0.05, 0.1) is 30.0 Å². The van der Waals surface area contributed by atoms with Gasteiger partial charge in [-0.3, -0.25) is 4.90 Å². The highest BCUT2D eigenvalue weighted by atomic mass is 79.9. The largest absolute Gasteiger partial charge is 0.341 e. The van der Waals surface area contributed by atoms with E-state index in [0.29, 0.717) is 10.1 Å². The summed E-state index contributed by atoms with van der Waals surface area (Å²) in [6.07, 6.45) is 1.95. The molecular formula is C16H17BrClN4S+. The fraction of sp³-hybridized carbons (Fsp3) is 0.250. The van der Waals surface area contributed by atoms with Crippen LogP contribution in [-0.4, -0.2) is 36.2 Å². The second-order valence-electron chi connectivity index (χ2n) is 5.28. The number of halogens is 2. The number of benzene rings is 1. The minimum Gasteiger partial charge on any atom is -0.341 e. The minimum atomic E-state index is 0.652. The molecule has 2 heterocycles. The van der Waals surface area contributed by atoms with Crippen LogP contribution in [0.3, 0.4) is 0 Å². The highest BCUT2D eigenvalue weighted by Crippen LogP contribution is 2.26. The molecule has 1 fully saturated rings. The normalized spacial score (nSPS) is 14.7. The van der Waals surface area contributed by atoms with Crippen molar-refractivity contribution in [3.63, 3.8) is 0 Å². The first-order valence-corrected chi connectivity index (χ1v) is 8.94. The van der Waals surface area contributed by atoms with Crippen LogP contribution in [0.1, 0.15) is 0 Å². The molecule has 0 radical (unpaired) electrons. The average Bonchev–Trinajstić information content (AvgIpc) is 2.58. The van der Waals surface area contributed by atoms with E-state index >= 15 is 0 Å². The van der Waals surface area contributed by atoms with Crippen molar-refractivity contribution in [3.8, 4) is 0 Å². The quantitative estimate of drug-likeness (QED) is 0.766. The monoisotopic (exact) mass is 411 g/mol. The first-order chi connectivity index (χ1) is 11.1. The predicted octanol–water partition coefficient (Wildman–Crippen LogP) is 3.44. The third-order valence-corrected chi connectivity index (χ3v) is 4.94. The molecule has 2 aromatic rings. The number of rotatable bonds is 2. The van der Waals surface area contributed by atoms with Crippen molar-refractivity contribution in [2.45, 2.75) is 0 Å². The first kappa shape index (κ1) is 16.5. The molecule has 120 valence electrons. The third-order valence-electron chi connectivity index (χ3n) is 3.77. The maximum atomic E-state index is 6.23. The van der Waals surface area contributed by atoms with E-state index < -0.39 is 0 Å². The summed E-state index contributed by atoms with van der Waals surface area (Å²) < 4.78 is 0.951. The number of aromatic nitrogens is 1. The van der Waals surface area contributed by atoms with Gasteiger partial charge in [0.1, 0.15) is 13.1 Å². The number of piperazine rings is 1. The number of nitrogens with zero attached hydrogens (tertiary/aromatic N) is 2. The topological polar surface area (TPSA) is 32.6 Å². The minimum absolute atomic E-state index is 0.652. The zero-order chi connectivity index (χ0) is 16.2. The van der Waals surface area contributed by atoms with Crippen molar-refractivity contribution >= 4 is 56.4 Å². The molecule has 0 saturated carbocycles. The summed E-state index contributed by atoms with van der Waals surface area (Å²) in [4.78, 5) is 7.77. The van der Waals surface area contributed by atoms with E-state index in [1.807, 2.05) is 36.5 Å². The summed E-state index contributed by atoms with van der Waals surface area (Å²) in [5, 5.41) is 4.61. The molecular weight excluding hydrogens is 396 g/mol. The molecule has 1 aromatic heterocycles. The van der Waals surface area contributed by atoms with Gasteiger partial charge in [-0.15, -0.1) is 0 Å². The van der Waals surface area contributed by atoms with Crippen LogP contribution in [-0.2, 0) is 0 Å². The van der Waals surface area contributed by atoms with Crippen molar-refractivity contribution in [1.82, 2.24) is 4.90 Å². The van der Waals surface area contributed by atoms with Crippen LogP contribution in [0.25, 0.3) is 0 Å². The fourth-order valence-electron chi connectivity index (χ4n) is 2.52. The number of pyridine rings is 1. The molecule has 23 heavy (non-hydrogen) atoms. The maximum absolute atomic E-state index is 6.23. The lowest BCUT2D eigenvalue weighted by molar-refractivity contribution is -0.364. The first-order valence-electron chi connectivity index (χ1n) is 7.36. The number of thiocarbonyl (C=S) groups is 1. The van der Waals surface area contributed by atoms with E-state index in [-0.39, 0.29) is 0 Å². The molecule has 2 N–H and O–H groups in total. The van der Waals surface area contributed by atoms with Crippen molar-refractivity contribution in [2.75, 3.05) is 36.4 Å². The Labute approximate surface area is 154 Å². The van der Waals surface area contributed by atoms with Gasteiger partial charge in [-0.2, -0.15) is 0 Å². The highest BCUT2D eigenvalue weighted by molar-refractivity contribution is 9.10. The highest BCUT2D eigenvalue weighted by Gasteiger charge is 2.24. The number of aromatic amines is 1. The summed E-state index contributed by atoms with van der Waals surface area (Å²) in [7, 11) is 0. The van der Waals surface area contributed by atoms with Gasteiger partial charge < -0.3 is 10.2 Å². The van der Waals surface area contributed by atoms with Crippen molar-refractivity contribution in [3.05, 3.63) is 52.1 Å². The van der Waals surface area contributed by atoms with Gasteiger partial charge in [-0.1, -0.05) is 33.6 Å². The Morgan fingerprint density at radius 3 is 2.61 bits per heavy atom. The predicted molar refractivity (Wildman–Crippen MR) is 102 cm³/mol. The lowest BCUT2D eigenvalue weighted by atomic mass is 10.3. The Bertz CT molecular complexity index is 690. The van der Waals surface area contributed by atoms with Crippen LogP contribution < -0.4 is 15.2 Å². The Kier molecular flexibility index (Phi) is 5.35. The molecule has 0 bridgehead atoms. The molecule has 1 aliphatic rings. The van der Waals surface area contributed by atoms with Crippen LogP contribution in [0.2, 0.25) is 5.02 Å².